The molecule has 1 aliphatic rings. The van der Waals surface area contributed by atoms with Crippen LogP contribution in [0.2, 0.25) is 0 Å². The highest BCUT2D eigenvalue weighted by molar-refractivity contribution is 7.92. The van der Waals surface area contributed by atoms with Gasteiger partial charge in [0.15, 0.2) is 10.4 Å². The van der Waals surface area contributed by atoms with Crippen molar-refractivity contribution in [3.8, 4) is 0 Å². The van der Waals surface area contributed by atoms with E-state index in [1.165, 1.54) is 17.2 Å². The van der Waals surface area contributed by atoms with Crippen LogP contribution in [-0.4, -0.2) is 19.3 Å². The Labute approximate surface area is 145 Å². The Morgan fingerprint density at radius 3 is 2.16 bits per heavy atom. The first-order valence-electron chi connectivity index (χ1n) is 7.73. The predicted molar refractivity (Wildman–Crippen MR) is 93.9 cm³/mol. The lowest BCUT2D eigenvalue weighted by molar-refractivity contribution is 0.0975. The summed E-state index contributed by atoms with van der Waals surface area (Å²) in [6, 6.07) is 20.6. The molecule has 1 aromatic heterocycles. The molecule has 0 radical (unpaired) electrons. The topological polar surface area (TPSA) is 67.3 Å². The van der Waals surface area contributed by atoms with E-state index >= 15 is 0 Å². The zero-order valence-electron chi connectivity index (χ0n) is 13.1. The minimum absolute atomic E-state index is 0.0959. The maximum Gasteiger partial charge on any atom is 0.262 e. The normalized spacial score (nSPS) is 18.6. The smallest absolute Gasteiger partial charge is 0.262 e. The Balaban J connectivity index is 2.02. The summed E-state index contributed by atoms with van der Waals surface area (Å²) >= 11 is 0. The van der Waals surface area contributed by atoms with Gasteiger partial charge in [0.25, 0.3) is 5.91 Å². The number of pyridine rings is 1. The number of hydrogen-bond donors (Lipinski definition) is 0. The molecule has 3 aromatic rings. The molecule has 0 spiro atoms. The van der Waals surface area contributed by atoms with Crippen molar-refractivity contribution in [1.29, 1.82) is 0 Å². The molecule has 2 aromatic carbocycles. The van der Waals surface area contributed by atoms with E-state index in [4.69, 9.17) is 0 Å². The van der Waals surface area contributed by atoms with Crippen LogP contribution in [0.4, 0.5) is 5.69 Å². The zero-order valence-corrected chi connectivity index (χ0v) is 13.9. The number of hydrogen-bond acceptors (Lipinski definition) is 4. The molecule has 0 fully saturated rings. The fraction of sp³-hybridized carbons (Fsp3) is 0.0526. The Morgan fingerprint density at radius 2 is 1.48 bits per heavy atom. The highest BCUT2D eigenvalue weighted by atomic mass is 32.2. The van der Waals surface area contributed by atoms with Gasteiger partial charge in [-0.3, -0.25) is 9.69 Å². The average Bonchev–Trinajstić information content (AvgIpc) is 2.66. The number of rotatable bonds is 2. The van der Waals surface area contributed by atoms with Crippen LogP contribution in [-0.2, 0) is 9.84 Å². The fourth-order valence-corrected chi connectivity index (χ4v) is 4.94. The van der Waals surface area contributed by atoms with Crippen molar-refractivity contribution >= 4 is 21.4 Å². The van der Waals surface area contributed by atoms with Gasteiger partial charge in [0, 0.05) is 11.9 Å². The van der Waals surface area contributed by atoms with Crippen LogP contribution >= 0.6 is 0 Å². The van der Waals surface area contributed by atoms with Crippen LogP contribution in [0.25, 0.3) is 0 Å². The maximum absolute atomic E-state index is 13.3. The lowest BCUT2D eigenvalue weighted by atomic mass is 10.1. The van der Waals surface area contributed by atoms with E-state index in [0.29, 0.717) is 11.3 Å². The number of sulfone groups is 1. The summed E-state index contributed by atoms with van der Waals surface area (Å²) < 4.78 is 26.6. The molecule has 1 atom stereocenters. The van der Waals surface area contributed by atoms with Crippen LogP contribution in [0.1, 0.15) is 21.3 Å². The van der Waals surface area contributed by atoms with E-state index in [1.807, 2.05) is 6.07 Å². The molecule has 0 saturated carbocycles. The minimum Gasteiger partial charge on any atom is -0.286 e. The zero-order chi connectivity index (χ0) is 17.4. The first kappa shape index (κ1) is 15.5. The third-order valence-electron chi connectivity index (χ3n) is 4.14. The van der Waals surface area contributed by atoms with Crippen LogP contribution in [0.3, 0.4) is 0 Å². The van der Waals surface area contributed by atoms with Crippen molar-refractivity contribution in [3.05, 3.63) is 90.1 Å². The quantitative estimate of drug-likeness (QED) is 0.712. The van der Waals surface area contributed by atoms with Crippen LogP contribution in [0.5, 0.6) is 0 Å². The number of aromatic nitrogens is 1. The van der Waals surface area contributed by atoms with E-state index in [2.05, 4.69) is 4.98 Å². The minimum atomic E-state index is -3.87. The van der Waals surface area contributed by atoms with E-state index in [1.54, 1.807) is 60.7 Å². The number of amides is 1. The Kier molecular flexibility index (Phi) is 3.62. The van der Waals surface area contributed by atoms with Crippen LogP contribution in [0.15, 0.2) is 84.0 Å². The van der Waals surface area contributed by atoms with Crippen LogP contribution < -0.4 is 4.90 Å². The average molecular weight is 350 g/mol. The molecule has 5 nitrogen and oxygen atoms in total. The summed E-state index contributed by atoms with van der Waals surface area (Å²) in [5.41, 5.74) is 1.15. The van der Waals surface area contributed by atoms with Crippen molar-refractivity contribution in [3.63, 3.8) is 0 Å². The van der Waals surface area contributed by atoms with Gasteiger partial charge in [0.1, 0.15) is 0 Å². The van der Waals surface area contributed by atoms with Crippen LogP contribution in [0, 0.1) is 0 Å². The molecule has 1 amide bonds. The number of fused-ring (bicyclic) bond motifs is 1. The maximum atomic E-state index is 13.3. The molecular formula is C19H14N2O3S. The monoisotopic (exact) mass is 350 g/mol. The molecule has 0 saturated heterocycles. The first-order chi connectivity index (χ1) is 12.1. The lowest BCUT2D eigenvalue weighted by Crippen LogP contribution is -2.44. The molecule has 25 heavy (non-hydrogen) atoms. The largest absolute Gasteiger partial charge is 0.286 e. The van der Waals surface area contributed by atoms with Gasteiger partial charge in [-0.2, -0.15) is 0 Å². The lowest BCUT2D eigenvalue weighted by Gasteiger charge is -2.35. The molecule has 0 N–H and O–H groups in total. The number of carbonyl (C=O) groups excluding carboxylic acids is 1. The SMILES string of the molecule is O=C1c2cccnc2S(=O)(=O)C(c2ccccc2)N1c1ccccc1. The second kappa shape index (κ2) is 5.82. The summed E-state index contributed by atoms with van der Waals surface area (Å²) in [6.07, 6.45) is 1.39. The molecule has 1 aliphatic heterocycles. The van der Waals surface area contributed by atoms with Gasteiger partial charge in [0.2, 0.25) is 9.84 Å². The third kappa shape index (κ3) is 2.42. The molecule has 124 valence electrons. The number of carbonyl (C=O) groups is 1. The Bertz CT molecular complexity index is 1030. The highest BCUT2D eigenvalue weighted by Gasteiger charge is 2.46. The fourth-order valence-electron chi connectivity index (χ4n) is 3.05. The van der Waals surface area contributed by atoms with Gasteiger partial charge in [-0.1, -0.05) is 48.5 Å². The summed E-state index contributed by atoms with van der Waals surface area (Å²) in [5.74, 6) is -0.377. The van der Waals surface area contributed by atoms with Crippen molar-refractivity contribution in [2.24, 2.45) is 0 Å². The van der Waals surface area contributed by atoms with Gasteiger partial charge in [0.05, 0.1) is 5.56 Å². The Morgan fingerprint density at radius 1 is 0.840 bits per heavy atom. The van der Waals surface area contributed by atoms with E-state index < -0.39 is 15.2 Å². The number of anilines is 1. The summed E-state index contributed by atoms with van der Waals surface area (Å²) in [6.45, 7) is 0. The number of para-hydroxylation sites is 1. The molecule has 0 aliphatic carbocycles. The van der Waals surface area contributed by atoms with Crippen molar-refractivity contribution in [2.75, 3.05) is 4.90 Å². The first-order valence-corrected chi connectivity index (χ1v) is 9.28. The summed E-state index contributed by atoms with van der Waals surface area (Å²) in [7, 11) is -3.87. The Hall–Kier alpha value is -2.99. The van der Waals surface area contributed by atoms with Gasteiger partial charge in [-0.05, 0) is 29.8 Å². The number of nitrogens with zero attached hydrogens (tertiary/aromatic N) is 2. The van der Waals surface area contributed by atoms with Gasteiger partial charge in [-0.15, -0.1) is 0 Å². The van der Waals surface area contributed by atoms with Gasteiger partial charge >= 0.3 is 0 Å². The van der Waals surface area contributed by atoms with E-state index in [-0.39, 0.29) is 16.5 Å². The van der Waals surface area contributed by atoms with Crippen molar-refractivity contribution < 1.29 is 13.2 Å². The molecule has 4 rings (SSSR count). The third-order valence-corrected chi connectivity index (χ3v) is 6.07. The predicted octanol–water partition coefficient (Wildman–Crippen LogP) is 3.21. The molecule has 6 heteroatoms. The second-order valence-electron chi connectivity index (χ2n) is 5.67. The standard InChI is InChI=1S/C19H14N2O3S/c22-18-16-12-7-13-20-17(16)25(23,24)19(14-8-3-1-4-9-14)21(18)15-10-5-2-6-11-15/h1-13,19H. The highest BCUT2D eigenvalue weighted by Crippen LogP contribution is 2.41. The number of benzene rings is 2. The van der Waals surface area contributed by atoms with Gasteiger partial charge in [-0.25, -0.2) is 13.4 Å². The van der Waals surface area contributed by atoms with Crippen molar-refractivity contribution in [1.82, 2.24) is 4.98 Å². The van der Waals surface area contributed by atoms with Gasteiger partial charge < -0.3 is 0 Å². The molecular weight excluding hydrogens is 336 g/mol. The summed E-state index contributed by atoms with van der Waals surface area (Å²) in [4.78, 5) is 18.4. The van der Waals surface area contributed by atoms with E-state index in [0.717, 1.165) is 0 Å². The molecule has 1 unspecified atom stereocenters. The molecule has 2 heterocycles. The second-order valence-corrected chi connectivity index (χ2v) is 7.60. The van der Waals surface area contributed by atoms with Crippen molar-refractivity contribution in [2.45, 2.75) is 10.4 Å². The van der Waals surface area contributed by atoms with E-state index in [9.17, 15) is 13.2 Å². The molecule has 0 bridgehead atoms. The summed E-state index contributed by atoms with van der Waals surface area (Å²) in [5, 5.41) is -1.31.